The molecule has 0 spiro atoms. The highest BCUT2D eigenvalue weighted by Crippen LogP contribution is 2.22. The summed E-state index contributed by atoms with van der Waals surface area (Å²) in [5.74, 6) is -0.441. The Morgan fingerprint density at radius 1 is 1.41 bits per heavy atom. The van der Waals surface area contributed by atoms with Crippen molar-refractivity contribution in [2.24, 2.45) is 0 Å². The fourth-order valence-electron chi connectivity index (χ4n) is 3.28. The Labute approximate surface area is 164 Å². The maximum atomic E-state index is 12.5. The quantitative estimate of drug-likeness (QED) is 0.611. The Hall–Kier alpha value is -2.55. The smallest absolute Gasteiger partial charge is 0.266 e. The molecule has 1 N–H and O–H groups in total. The largest absolute Gasteiger partial charge is 0.376 e. The Kier molecular flexibility index (Phi) is 6.00. The van der Waals surface area contributed by atoms with Gasteiger partial charge in [-0.2, -0.15) is 5.26 Å². The first-order chi connectivity index (χ1) is 13.0. The third-order valence-electron chi connectivity index (χ3n) is 4.79. The number of carbonyl (C=O) groups excluding carboxylic acids is 1. The lowest BCUT2D eigenvalue weighted by molar-refractivity contribution is -0.112. The first-order valence-corrected chi connectivity index (χ1v) is 9.33. The highest BCUT2D eigenvalue weighted by molar-refractivity contribution is 6.30. The number of hydrogen-bond acceptors (Lipinski definition) is 3. The molecule has 1 aromatic carbocycles. The summed E-state index contributed by atoms with van der Waals surface area (Å²) in [6.45, 7) is 5.64. The van der Waals surface area contributed by atoms with Gasteiger partial charge < -0.3 is 14.6 Å². The van der Waals surface area contributed by atoms with Crippen LogP contribution in [0, 0.1) is 25.2 Å². The average Bonchev–Trinajstić information content (AvgIpc) is 3.25. The molecule has 1 saturated heterocycles. The molecule has 2 aromatic rings. The minimum absolute atomic E-state index is 0.0577. The van der Waals surface area contributed by atoms with E-state index in [1.807, 2.05) is 26.0 Å². The highest BCUT2D eigenvalue weighted by Gasteiger charge is 2.19. The molecular formula is C21H22ClN3O2. The zero-order chi connectivity index (χ0) is 19.4. The molecule has 1 aromatic heterocycles. The van der Waals surface area contributed by atoms with Crippen LogP contribution < -0.4 is 5.32 Å². The summed E-state index contributed by atoms with van der Waals surface area (Å²) in [5, 5.41) is 12.8. The lowest BCUT2D eigenvalue weighted by atomic mass is 10.1. The molecule has 6 heteroatoms. The van der Waals surface area contributed by atoms with Crippen molar-refractivity contribution in [1.29, 1.82) is 5.26 Å². The van der Waals surface area contributed by atoms with Crippen LogP contribution >= 0.6 is 11.6 Å². The van der Waals surface area contributed by atoms with Crippen LogP contribution in [0.15, 0.2) is 35.9 Å². The van der Waals surface area contributed by atoms with Gasteiger partial charge in [-0.25, -0.2) is 0 Å². The van der Waals surface area contributed by atoms with Gasteiger partial charge in [0.05, 0.1) is 6.10 Å². The molecule has 1 aliphatic heterocycles. The first-order valence-electron chi connectivity index (χ1n) is 8.95. The third kappa shape index (κ3) is 4.60. The number of ether oxygens (including phenoxy) is 1. The van der Waals surface area contributed by atoms with Crippen LogP contribution in [0.3, 0.4) is 0 Å². The molecule has 1 atom stereocenters. The van der Waals surface area contributed by atoms with Gasteiger partial charge in [-0.15, -0.1) is 0 Å². The molecule has 27 heavy (non-hydrogen) atoms. The number of aromatic nitrogens is 1. The Morgan fingerprint density at radius 3 is 2.78 bits per heavy atom. The van der Waals surface area contributed by atoms with Gasteiger partial charge in [-0.05, 0) is 68.7 Å². The number of halogens is 1. The number of benzene rings is 1. The van der Waals surface area contributed by atoms with Crippen molar-refractivity contribution in [3.05, 3.63) is 57.9 Å². The molecule has 1 aliphatic rings. The monoisotopic (exact) mass is 383 g/mol. The van der Waals surface area contributed by atoms with Gasteiger partial charge in [0, 0.05) is 35.2 Å². The van der Waals surface area contributed by atoms with Crippen LogP contribution in [-0.4, -0.2) is 23.2 Å². The number of hydrogen-bond donors (Lipinski definition) is 1. The summed E-state index contributed by atoms with van der Waals surface area (Å²) < 4.78 is 7.92. The molecule has 1 fully saturated rings. The Bertz CT molecular complexity index is 901. The second kappa shape index (κ2) is 8.43. The Balaban J connectivity index is 1.79. The summed E-state index contributed by atoms with van der Waals surface area (Å²) in [6, 6.07) is 10.8. The zero-order valence-corrected chi connectivity index (χ0v) is 16.2. The average molecular weight is 384 g/mol. The van der Waals surface area contributed by atoms with Gasteiger partial charge in [0.15, 0.2) is 0 Å². The molecule has 0 radical (unpaired) electrons. The van der Waals surface area contributed by atoms with Crippen molar-refractivity contribution < 1.29 is 9.53 Å². The summed E-state index contributed by atoms with van der Waals surface area (Å²) in [7, 11) is 0. The third-order valence-corrected chi connectivity index (χ3v) is 5.04. The maximum absolute atomic E-state index is 12.5. The summed E-state index contributed by atoms with van der Waals surface area (Å²) in [6.07, 6.45) is 4.03. The van der Waals surface area contributed by atoms with E-state index in [1.165, 1.54) is 0 Å². The van der Waals surface area contributed by atoms with E-state index in [-0.39, 0.29) is 11.7 Å². The van der Waals surface area contributed by atoms with E-state index in [0.717, 1.165) is 42.9 Å². The van der Waals surface area contributed by atoms with Crippen LogP contribution in [-0.2, 0) is 16.1 Å². The lowest BCUT2D eigenvalue weighted by Gasteiger charge is -2.14. The predicted octanol–water partition coefficient (Wildman–Crippen LogP) is 4.48. The molecule has 0 saturated carbocycles. The number of rotatable bonds is 5. The normalized spacial score (nSPS) is 17.0. The van der Waals surface area contributed by atoms with E-state index in [0.29, 0.717) is 10.7 Å². The highest BCUT2D eigenvalue weighted by atomic mass is 35.5. The molecule has 3 rings (SSSR count). The Morgan fingerprint density at radius 2 is 2.15 bits per heavy atom. The van der Waals surface area contributed by atoms with E-state index < -0.39 is 5.91 Å². The fourth-order valence-corrected chi connectivity index (χ4v) is 3.41. The first kappa shape index (κ1) is 19.2. The van der Waals surface area contributed by atoms with Crippen molar-refractivity contribution in [2.45, 2.75) is 39.3 Å². The minimum Gasteiger partial charge on any atom is -0.376 e. The minimum atomic E-state index is -0.441. The van der Waals surface area contributed by atoms with Gasteiger partial charge >= 0.3 is 0 Å². The number of anilines is 1. The zero-order valence-electron chi connectivity index (χ0n) is 15.5. The van der Waals surface area contributed by atoms with Crippen molar-refractivity contribution >= 4 is 29.3 Å². The molecule has 140 valence electrons. The number of amides is 1. The SMILES string of the molecule is Cc1cc(/C=C(\C#N)C(=O)Nc2ccc(Cl)cc2)c(C)n1C[C@H]1CCCO1. The van der Waals surface area contributed by atoms with E-state index >= 15 is 0 Å². The molecule has 2 heterocycles. The van der Waals surface area contributed by atoms with Crippen molar-refractivity contribution in [3.8, 4) is 6.07 Å². The number of nitriles is 1. The van der Waals surface area contributed by atoms with E-state index in [4.69, 9.17) is 16.3 Å². The van der Waals surface area contributed by atoms with E-state index in [2.05, 4.69) is 9.88 Å². The van der Waals surface area contributed by atoms with Crippen molar-refractivity contribution in [1.82, 2.24) is 4.57 Å². The number of aryl methyl sites for hydroxylation is 1. The van der Waals surface area contributed by atoms with Crippen LogP contribution in [0.5, 0.6) is 0 Å². The topological polar surface area (TPSA) is 67.0 Å². The number of nitrogens with zero attached hydrogens (tertiary/aromatic N) is 2. The van der Waals surface area contributed by atoms with Crippen molar-refractivity contribution in [3.63, 3.8) is 0 Å². The summed E-state index contributed by atoms with van der Waals surface area (Å²) in [5.41, 5.74) is 3.63. The van der Waals surface area contributed by atoms with Gasteiger partial charge in [0.1, 0.15) is 11.6 Å². The fraction of sp³-hybridized carbons (Fsp3) is 0.333. The summed E-state index contributed by atoms with van der Waals surface area (Å²) in [4.78, 5) is 12.5. The standard InChI is InChI=1S/C21H22ClN3O2/c1-14-10-16(15(2)25(14)13-20-4-3-9-27-20)11-17(12-23)21(26)24-19-7-5-18(22)6-8-19/h5-8,10-11,20H,3-4,9,13H2,1-2H3,(H,24,26)/b17-11+/t20-/m1/s1. The van der Waals surface area contributed by atoms with Gasteiger partial charge in [-0.1, -0.05) is 11.6 Å². The second-order valence-electron chi connectivity index (χ2n) is 6.70. The molecule has 1 amide bonds. The molecule has 5 nitrogen and oxygen atoms in total. The maximum Gasteiger partial charge on any atom is 0.266 e. The van der Waals surface area contributed by atoms with Gasteiger partial charge in [0.2, 0.25) is 0 Å². The number of nitrogens with one attached hydrogen (secondary N) is 1. The number of carbonyl (C=O) groups is 1. The van der Waals surface area contributed by atoms with Crippen LogP contribution in [0.4, 0.5) is 5.69 Å². The van der Waals surface area contributed by atoms with E-state index in [9.17, 15) is 10.1 Å². The van der Waals surface area contributed by atoms with Crippen LogP contribution in [0.2, 0.25) is 5.02 Å². The van der Waals surface area contributed by atoms with E-state index in [1.54, 1.807) is 30.3 Å². The second-order valence-corrected chi connectivity index (χ2v) is 7.14. The molecule has 0 aliphatic carbocycles. The molecule has 0 bridgehead atoms. The van der Waals surface area contributed by atoms with Gasteiger partial charge in [0.25, 0.3) is 5.91 Å². The van der Waals surface area contributed by atoms with Gasteiger partial charge in [-0.3, -0.25) is 4.79 Å². The lowest BCUT2D eigenvalue weighted by Crippen LogP contribution is -2.17. The molecular weight excluding hydrogens is 362 g/mol. The van der Waals surface area contributed by atoms with Crippen molar-refractivity contribution in [2.75, 3.05) is 11.9 Å². The predicted molar refractivity (Wildman–Crippen MR) is 107 cm³/mol. The summed E-state index contributed by atoms with van der Waals surface area (Å²) >= 11 is 5.85. The van der Waals surface area contributed by atoms with Crippen LogP contribution in [0.25, 0.3) is 6.08 Å². The van der Waals surface area contributed by atoms with Crippen LogP contribution in [0.1, 0.15) is 29.8 Å². The molecule has 0 unspecified atom stereocenters.